The molecule has 0 aliphatic carbocycles. The lowest BCUT2D eigenvalue weighted by atomic mass is 9.98. The fraction of sp³-hybridized carbons (Fsp3) is 0.0500. The van der Waals surface area contributed by atoms with E-state index < -0.39 is 0 Å². The van der Waals surface area contributed by atoms with Crippen LogP contribution in [0, 0.1) is 6.92 Å². The molecule has 130 valence electrons. The Morgan fingerprint density at radius 2 is 1.81 bits per heavy atom. The minimum Gasteiger partial charge on any atom is -0.296 e. The number of rotatable bonds is 3. The second-order valence-electron chi connectivity index (χ2n) is 6.25. The molecule has 4 heterocycles. The maximum Gasteiger partial charge on any atom is 0.198 e. The largest absolute Gasteiger partial charge is 0.296 e. The average molecular weight is 353 g/mol. The van der Waals surface area contributed by atoms with Crippen LogP contribution in [0.5, 0.6) is 0 Å². The van der Waals surface area contributed by atoms with E-state index >= 15 is 0 Å². The fourth-order valence-corrected chi connectivity index (χ4v) is 3.23. The molecule has 0 saturated heterocycles. The van der Waals surface area contributed by atoms with Crippen molar-refractivity contribution < 1.29 is 0 Å². The highest BCUT2D eigenvalue weighted by atomic mass is 15.5. The van der Waals surface area contributed by atoms with Crippen molar-refractivity contribution in [1.82, 2.24) is 35.0 Å². The van der Waals surface area contributed by atoms with Gasteiger partial charge in [0.25, 0.3) is 0 Å². The van der Waals surface area contributed by atoms with Gasteiger partial charge in [0, 0.05) is 17.5 Å². The highest BCUT2D eigenvalue weighted by Crippen LogP contribution is 2.32. The Balaban J connectivity index is 1.70. The molecule has 4 aromatic heterocycles. The Morgan fingerprint density at radius 1 is 0.926 bits per heavy atom. The highest BCUT2D eigenvalue weighted by Gasteiger charge is 2.13. The molecule has 0 radical (unpaired) electrons. The zero-order valence-electron chi connectivity index (χ0n) is 14.5. The van der Waals surface area contributed by atoms with Crippen LogP contribution in [-0.4, -0.2) is 35.0 Å². The van der Waals surface area contributed by atoms with E-state index in [2.05, 4.69) is 55.0 Å². The summed E-state index contributed by atoms with van der Waals surface area (Å²) in [5.74, 6) is 0.577. The Bertz CT molecular complexity index is 1240. The molecule has 1 N–H and O–H groups in total. The minimum atomic E-state index is 0.577. The summed E-state index contributed by atoms with van der Waals surface area (Å²) in [5, 5.41) is 14.1. The van der Waals surface area contributed by atoms with Crippen molar-refractivity contribution in [3.63, 3.8) is 0 Å². The molecular weight excluding hydrogens is 338 g/mol. The summed E-state index contributed by atoms with van der Waals surface area (Å²) in [6.45, 7) is 2.00. The molecule has 0 amide bonds. The van der Waals surface area contributed by atoms with Crippen LogP contribution in [0.2, 0.25) is 0 Å². The van der Waals surface area contributed by atoms with Gasteiger partial charge in [-0.2, -0.15) is 0 Å². The first-order chi connectivity index (χ1) is 13.3. The fourth-order valence-electron chi connectivity index (χ4n) is 3.23. The number of nitrogens with one attached hydrogen (secondary N) is 1. The van der Waals surface area contributed by atoms with Crippen LogP contribution in [0.15, 0.2) is 67.0 Å². The number of H-pyrrole nitrogens is 1. The van der Waals surface area contributed by atoms with Crippen molar-refractivity contribution >= 4 is 5.65 Å². The van der Waals surface area contributed by atoms with E-state index in [1.807, 2.05) is 47.7 Å². The molecule has 0 fully saturated rings. The van der Waals surface area contributed by atoms with E-state index in [1.165, 1.54) is 0 Å². The molecular formula is C20H15N7. The Kier molecular flexibility index (Phi) is 3.50. The first-order valence-corrected chi connectivity index (χ1v) is 8.54. The molecule has 7 nitrogen and oxygen atoms in total. The molecule has 1 aromatic carbocycles. The molecule has 27 heavy (non-hydrogen) atoms. The molecule has 5 aromatic rings. The van der Waals surface area contributed by atoms with E-state index in [9.17, 15) is 0 Å². The number of nitrogens with zero attached hydrogens (tertiary/aromatic N) is 6. The normalized spacial score (nSPS) is 11.1. The third-order valence-corrected chi connectivity index (χ3v) is 4.50. The zero-order chi connectivity index (χ0) is 18.2. The molecule has 0 aliphatic heterocycles. The summed E-state index contributed by atoms with van der Waals surface area (Å²) in [5.41, 5.74) is 6.84. The minimum absolute atomic E-state index is 0.577. The number of hydrogen-bond donors (Lipinski definition) is 1. The van der Waals surface area contributed by atoms with Crippen LogP contribution in [0.3, 0.4) is 0 Å². The van der Waals surface area contributed by atoms with Gasteiger partial charge in [-0.3, -0.25) is 9.38 Å². The summed E-state index contributed by atoms with van der Waals surface area (Å²) in [6.07, 6.45) is 3.81. The molecule has 5 rings (SSSR count). The number of benzene rings is 1. The summed E-state index contributed by atoms with van der Waals surface area (Å²) < 4.78 is 1.98. The molecule has 0 saturated carbocycles. The lowest BCUT2D eigenvalue weighted by molar-refractivity contribution is 0.881. The van der Waals surface area contributed by atoms with Gasteiger partial charge in [0.2, 0.25) is 0 Å². The SMILES string of the molecule is Cc1cccc(-c2ccccc2-c2ccc3ncc(-c4nnn[nH]4)n3c2)n1. The third-order valence-electron chi connectivity index (χ3n) is 4.50. The zero-order valence-corrected chi connectivity index (χ0v) is 14.5. The van der Waals surface area contributed by atoms with Crippen LogP contribution in [-0.2, 0) is 0 Å². The standard InChI is InChI=1S/C20H15N7/c1-13-5-4-8-17(22-13)16-7-3-2-6-15(16)14-9-10-19-21-11-18(27(19)12-14)20-23-25-26-24-20/h2-12H,1H3,(H,23,24,25,26). The lowest BCUT2D eigenvalue weighted by Gasteiger charge is -2.11. The van der Waals surface area contributed by atoms with Gasteiger partial charge in [-0.1, -0.05) is 30.3 Å². The summed E-state index contributed by atoms with van der Waals surface area (Å²) in [6, 6.07) is 18.4. The Morgan fingerprint density at radius 3 is 2.63 bits per heavy atom. The van der Waals surface area contributed by atoms with Crippen molar-refractivity contribution in [1.29, 1.82) is 0 Å². The molecule has 0 atom stereocenters. The number of fused-ring (bicyclic) bond motifs is 1. The molecule has 0 spiro atoms. The molecule has 0 aliphatic rings. The van der Waals surface area contributed by atoms with Gasteiger partial charge < -0.3 is 0 Å². The second-order valence-corrected chi connectivity index (χ2v) is 6.25. The number of hydrogen-bond acceptors (Lipinski definition) is 5. The number of aryl methyl sites for hydroxylation is 1. The van der Waals surface area contributed by atoms with E-state index in [-0.39, 0.29) is 0 Å². The monoisotopic (exact) mass is 353 g/mol. The number of tetrazole rings is 1. The maximum atomic E-state index is 4.69. The maximum absolute atomic E-state index is 4.69. The van der Waals surface area contributed by atoms with E-state index in [1.54, 1.807) is 6.20 Å². The summed E-state index contributed by atoms with van der Waals surface area (Å²) in [7, 11) is 0. The Hall–Kier alpha value is -3.87. The van der Waals surface area contributed by atoms with Crippen molar-refractivity contribution in [2.24, 2.45) is 0 Å². The van der Waals surface area contributed by atoms with Crippen molar-refractivity contribution in [3.8, 4) is 33.9 Å². The Labute approximate surface area is 154 Å². The second kappa shape index (κ2) is 6.14. The van der Waals surface area contributed by atoms with Crippen molar-refractivity contribution in [2.75, 3.05) is 0 Å². The van der Waals surface area contributed by atoms with Gasteiger partial charge in [0.15, 0.2) is 5.82 Å². The first-order valence-electron chi connectivity index (χ1n) is 8.54. The first kappa shape index (κ1) is 15.4. The predicted molar refractivity (Wildman–Crippen MR) is 102 cm³/mol. The molecule has 0 unspecified atom stereocenters. The van der Waals surface area contributed by atoms with Crippen LogP contribution in [0.1, 0.15) is 5.69 Å². The van der Waals surface area contributed by atoms with Gasteiger partial charge in [0.1, 0.15) is 11.3 Å². The third kappa shape index (κ3) is 2.65. The van der Waals surface area contributed by atoms with Crippen molar-refractivity contribution in [2.45, 2.75) is 6.92 Å². The topological polar surface area (TPSA) is 84.6 Å². The van der Waals surface area contributed by atoms with Gasteiger partial charge in [-0.25, -0.2) is 10.1 Å². The van der Waals surface area contributed by atoms with Gasteiger partial charge >= 0.3 is 0 Å². The summed E-state index contributed by atoms with van der Waals surface area (Å²) in [4.78, 5) is 9.13. The lowest BCUT2D eigenvalue weighted by Crippen LogP contribution is -1.94. The number of aromatic amines is 1. The smallest absolute Gasteiger partial charge is 0.198 e. The van der Waals surface area contributed by atoms with Crippen LogP contribution >= 0.6 is 0 Å². The van der Waals surface area contributed by atoms with Crippen LogP contribution in [0.25, 0.3) is 39.5 Å². The predicted octanol–water partition coefficient (Wildman–Crippen LogP) is 3.55. The summed E-state index contributed by atoms with van der Waals surface area (Å²) >= 11 is 0. The quantitative estimate of drug-likeness (QED) is 0.536. The molecule has 7 heteroatoms. The van der Waals surface area contributed by atoms with Gasteiger partial charge in [0.05, 0.1) is 11.9 Å². The van der Waals surface area contributed by atoms with E-state index in [0.29, 0.717) is 5.82 Å². The molecule has 0 bridgehead atoms. The van der Waals surface area contributed by atoms with Gasteiger partial charge in [-0.15, -0.1) is 5.10 Å². The van der Waals surface area contributed by atoms with Crippen LogP contribution < -0.4 is 0 Å². The van der Waals surface area contributed by atoms with Crippen molar-refractivity contribution in [3.05, 3.63) is 72.7 Å². The van der Waals surface area contributed by atoms with E-state index in [4.69, 9.17) is 0 Å². The number of imidazole rings is 1. The van der Waals surface area contributed by atoms with Crippen LogP contribution in [0.4, 0.5) is 0 Å². The number of pyridine rings is 2. The van der Waals surface area contributed by atoms with Gasteiger partial charge in [-0.05, 0) is 52.7 Å². The van der Waals surface area contributed by atoms with E-state index in [0.717, 1.165) is 39.4 Å². The average Bonchev–Trinajstić information content (AvgIpc) is 3.37. The highest BCUT2D eigenvalue weighted by molar-refractivity contribution is 5.82. The number of aromatic nitrogens is 7.